The van der Waals surface area contributed by atoms with Gasteiger partial charge in [-0.2, -0.15) is 0 Å². The van der Waals surface area contributed by atoms with E-state index in [9.17, 15) is 0 Å². The van der Waals surface area contributed by atoms with Crippen LogP contribution in [-0.2, 0) is 4.74 Å². The van der Waals surface area contributed by atoms with Gasteiger partial charge in [0.1, 0.15) is 0 Å². The summed E-state index contributed by atoms with van der Waals surface area (Å²) in [6.45, 7) is 1.40. The minimum absolute atomic E-state index is 0.171. The predicted molar refractivity (Wildman–Crippen MR) is 43.5 cm³/mol. The zero-order chi connectivity index (χ0) is 8.27. The van der Waals surface area contributed by atoms with Crippen LogP contribution in [-0.4, -0.2) is 37.2 Å². The molecule has 1 saturated carbocycles. The van der Waals surface area contributed by atoms with Crippen LogP contribution in [0, 0.1) is 5.41 Å². The lowest BCUT2D eigenvalue weighted by atomic mass is 10.5. The van der Waals surface area contributed by atoms with E-state index in [1.807, 2.05) is 4.90 Å². The van der Waals surface area contributed by atoms with Gasteiger partial charge in [0.2, 0.25) is 0 Å². The summed E-state index contributed by atoms with van der Waals surface area (Å²) in [6.07, 6.45) is 2.34. The van der Waals surface area contributed by atoms with Gasteiger partial charge in [0.15, 0.2) is 5.96 Å². The lowest BCUT2D eigenvalue weighted by molar-refractivity contribution is 0.173. The highest BCUT2D eigenvalue weighted by atomic mass is 16.5. The molecule has 0 atom stereocenters. The maximum atomic E-state index is 7.25. The Kier molecular flexibility index (Phi) is 2.70. The second-order valence-corrected chi connectivity index (χ2v) is 2.80. The van der Waals surface area contributed by atoms with Gasteiger partial charge in [-0.15, -0.1) is 0 Å². The van der Waals surface area contributed by atoms with Gasteiger partial charge in [-0.1, -0.05) is 0 Å². The molecule has 1 aliphatic carbocycles. The van der Waals surface area contributed by atoms with Crippen LogP contribution in [0.5, 0.6) is 0 Å². The number of ether oxygens (including phenoxy) is 1. The third-order valence-corrected chi connectivity index (χ3v) is 1.83. The van der Waals surface area contributed by atoms with Crippen molar-refractivity contribution >= 4 is 5.96 Å². The van der Waals surface area contributed by atoms with Gasteiger partial charge in [0.05, 0.1) is 6.61 Å². The van der Waals surface area contributed by atoms with E-state index >= 15 is 0 Å². The molecular weight excluding hydrogens is 142 g/mol. The van der Waals surface area contributed by atoms with Crippen molar-refractivity contribution in [2.45, 2.75) is 18.9 Å². The van der Waals surface area contributed by atoms with Crippen LogP contribution in [0.4, 0.5) is 0 Å². The number of guanidine groups is 1. The maximum absolute atomic E-state index is 7.25. The Bertz CT molecular complexity index is 145. The Balaban J connectivity index is 2.26. The molecule has 0 aromatic carbocycles. The topological polar surface area (TPSA) is 62.3 Å². The number of hydrogen-bond acceptors (Lipinski definition) is 2. The molecule has 0 aliphatic heterocycles. The fraction of sp³-hybridized carbons (Fsp3) is 0.857. The molecule has 0 saturated heterocycles. The van der Waals surface area contributed by atoms with Crippen LogP contribution in [0.15, 0.2) is 0 Å². The molecule has 64 valence electrons. The van der Waals surface area contributed by atoms with E-state index < -0.39 is 0 Å². The summed E-state index contributed by atoms with van der Waals surface area (Å²) < 4.78 is 4.91. The molecule has 0 spiro atoms. The van der Waals surface area contributed by atoms with Gasteiger partial charge in [0.25, 0.3) is 0 Å². The number of nitrogens with one attached hydrogen (secondary N) is 1. The number of nitrogens with two attached hydrogens (primary N) is 1. The van der Waals surface area contributed by atoms with Crippen molar-refractivity contribution in [2.75, 3.05) is 20.3 Å². The molecule has 0 aromatic rings. The lowest BCUT2D eigenvalue weighted by Gasteiger charge is -2.21. The van der Waals surface area contributed by atoms with Crippen LogP contribution in [0.1, 0.15) is 12.8 Å². The summed E-state index contributed by atoms with van der Waals surface area (Å²) in [5, 5.41) is 7.25. The molecular formula is C7H15N3O. The van der Waals surface area contributed by atoms with Crippen molar-refractivity contribution in [3.63, 3.8) is 0 Å². The highest BCUT2D eigenvalue weighted by Crippen LogP contribution is 2.25. The summed E-state index contributed by atoms with van der Waals surface area (Å²) in [7, 11) is 1.66. The van der Waals surface area contributed by atoms with E-state index in [0.29, 0.717) is 12.6 Å². The highest BCUT2D eigenvalue weighted by Gasteiger charge is 2.29. The van der Waals surface area contributed by atoms with Gasteiger partial charge in [-0.25, -0.2) is 0 Å². The summed E-state index contributed by atoms with van der Waals surface area (Å²) in [5.74, 6) is 0.171. The van der Waals surface area contributed by atoms with Crippen LogP contribution >= 0.6 is 0 Å². The predicted octanol–water partition coefficient (Wildman–Crippen LogP) is -0.00933. The van der Waals surface area contributed by atoms with Crippen molar-refractivity contribution in [3.8, 4) is 0 Å². The number of methoxy groups -OCH3 is 1. The van der Waals surface area contributed by atoms with Crippen molar-refractivity contribution < 1.29 is 4.74 Å². The minimum atomic E-state index is 0.171. The first-order valence-corrected chi connectivity index (χ1v) is 3.85. The van der Waals surface area contributed by atoms with E-state index in [0.717, 1.165) is 6.54 Å². The Morgan fingerprint density at radius 1 is 1.73 bits per heavy atom. The molecule has 0 bridgehead atoms. The molecule has 0 unspecified atom stereocenters. The average molecular weight is 157 g/mol. The number of hydrogen-bond donors (Lipinski definition) is 2. The minimum Gasteiger partial charge on any atom is -0.383 e. The van der Waals surface area contributed by atoms with Crippen molar-refractivity contribution in [3.05, 3.63) is 0 Å². The second kappa shape index (κ2) is 3.57. The van der Waals surface area contributed by atoms with Crippen LogP contribution in [0.3, 0.4) is 0 Å². The monoisotopic (exact) mass is 157 g/mol. The van der Waals surface area contributed by atoms with E-state index in [-0.39, 0.29) is 5.96 Å². The van der Waals surface area contributed by atoms with E-state index in [1.165, 1.54) is 12.8 Å². The molecule has 1 rings (SSSR count). The first-order valence-electron chi connectivity index (χ1n) is 3.85. The Morgan fingerprint density at radius 2 is 2.36 bits per heavy atom. The fourth-order valence-electron chi connectivity index (χ4n) is 1.08. The standard InChI is InChI=1S/C7H15N3O/c1-11-5-4-10(7(8)9)6-2-3-6/h6H,2-5H2,1H3,(H3,8,9). The molecule has 0 heterocycles. The Hall–Kier alpha value is -0.770. The zero-order valence-electron chi connectivity index (χ0n) is 6.84. The lowest BCUT2D eigenvalue weighted by Crippen LogP contribution is -2.40. The molecule has 1 aliphatic rings. The fourth-order valence-corrected chi connectivity index (χ4v) is 1.08. The largest absolute Gasteiger partial charge is 0.383 e. The molecule has 4 nitrogen and oxygen atoms in total. The SMILES string of the molecule is COCCN(C(=N)N)C1CC1. The number of nitrogens with zero attached hydrogens (tertiary/aromatic N) is 1. The summed E-state index contributed by atoms with van der Waals surface area (Å²) in [4.78, 5) is 1.89. The molecule has 0 aromatic heterocycles. The normalized spacial score (nSPS) is 16.5. The Morgan fingerprint density at radius 3 is 2.73 bits per heavy atom. The van der Waals surface area contributed by atoms with Crippen molar-refractivity contribution in [1.29, 1.82) is 5.41 Å². The molecule has 0 radical (unpaired) electrons. The third kappa shape index (κ3) is 2.38. The van der Waals surface area contributed by atoms with Crippen LogP contribution in [0.2, 0.25) is 0 Å². The Labute approximate surface area is 66.8 Å². The zero-order valence-corrected chi connectivity index (χ0v) is 6.84. The molecule has 1 fully saturated rings. The molecule has 3 N–H and O–H groups in total. The van der Waals surface area contributed by atoms with E-state index in [1.54, 1.807) is 7.11 Å². The van der Waals surface area contributed by atoms with Gasteiger partial charge in [-0.05, 0) is 12.8 Å². The molecule has 0 amide bonds. The van der Waals surface area contributed by atoms with E-state index in [4.69, 9.17) is 15.9 Å². The smallest absolute Gasteiger partial charge is 0.188 e. The van der Waals surface area contributed by atoms with Gasteiger partial charge >= 0.3 is 0 Å². The van der Waals surface area contributed by atoms with Crippen molar-refractivity contribution in [2.24, 2.45) is 5.73 Å². The number of rotatable bonds is 4. The summed E-state index contributed by atoms with van der Waals surface area (Å²) in [6, 6.07) is 0.516. The molecule has 11 heavy (non-hydrogen) atoms. The maximum Gasteiger partial charge on any atom is 0.188 e. The van der Waals surface area contributed by atoms with E-state index in [2.05, 4.69) is 0 Å². The highest BCUT2D eigenvalue weighted by molar-refractivity contribution is 5.75. The van der Waals surface area contributed by atoms with Gasteiger partial charge in [0, 0.05) is 19.7 Å². The summed E-state index contributed by atoms with van der Waals surface area (Å²) >= 11 is 0. The second-order valence-electron chi connectivity index (χ2n) is 2.80. The van der Waals surface area contributed by atoms with Crippen LogP contribution < -0.4 is 5.73 Å². The third-order valence-electron chi connectivity index (χ3n) is 1.83. The van der Waals surface area contributed by atoms with Crippen LogP contribution in [0.25, 0.3) is 0 Å². The van der Waals surface area contributed by atoms with Gasteiger partial charge in [-0.3, -0.25) is 5.41 Å². The quantitative estimate of drug-likeness (QED) is 0.445. The van der Waals surface area contributed by atoms with Crippen molar-refractivity contribution in [1.82, 2.24) is 4.90 Å². The first kappa shape index (κ1) is 8.33. The van der Waals surface area contributed by atoms with Gasteiger partial charge < -0.3 is 15.4 Å². The summed E-state index contributed by atoms with van der Waals surface area (Å²) in [5.41, 5.74) is 5.37. The first-order chi connectivity index (χ1) is 5.25. The molecule has 4 heteroatoms. The average Bonchev–Trinajstić information content (AvgIpc) is 2.71.